The number of hydrogen-bond donors (Lipinski definition) is 0. The molecular weight excluding hydrogens is 549 g/mol. The Balaban J connectivity index is 0.979. The van der Waals surface area contributed by atoms with Crippen molar-refractivity contribution < 1.29 is 23.0 Å². The third kappa shape index (κ3) is 4.15. The van der Waals surface area contributed by atoms with Gasteiger partial charge in [0.15, 0.2) is 5.82 Å². The fraction of sp³-hybridized carbons (Fsp3) is 0.667. The average molecular weight is 588 g/mol. The number of rotatable bonds is 10. The zero-order valence-corrected chi connectivity index (χ0v) is 24.7. The van der Waals surface area contributed by atoms with E-state index in [4.69, 9.17) is 18.8 Å². The summed E-state index contributed by atoms with van der Waals surface area (Å²) in [5, 5.41) is 8.57. The molecule has 43 heavy (non-hydrogen) atoms. The van der Waals surface area contributed by atoms with Crippen LogP contribution in [-0.2, 0) is 20.5 Å². The standard InChI is InChI=1S/C33H38FN5O4/c1-41-33(13-14-33)28-36-26(38-43-28)22-3-2-4-23(15-22)39(24(40)16-30-17-32(34,18-30)19-30)20-29-7-10-31(11-8-29,12-9-29)27-35-25(37-42-27)21-5-6-21/h2-4,15,21H,5-14,16-20H2,1H3. The van der Waals surface area contributed by atoms with Crippen molar-refractivity contribution in [2.45, 2.75) is 112 Å². The number of ether oxygens (including phenoxy) is 1. The van der Waals surface area contributed by atoms with Crippen molar-refractivity contribution in [1.29, 1.82) is 0 Å². The number of alkyl halides is 1. The predicted octanol–water partition coefficient (Wildman–Crippen LogP) is 6.54. The summed E-state index contributed by atoms with van der Waals surface area (Å²) in [6, 6.07) is 7.92. The van der Waals surface area contributed by atoms with Crippen LogP contribution in [0.3, 0.4) is 0 Å². The molecule has 0 unspecified atom stereocenters. The minimum atomic E-state index is -1.02. The van der Waals surface area contributed by atoms with Crippen LogP contribution in [0.4, 0.5) is 10.1 Å². The third-order valence-electron chi connectivity index (χ3n) is 12.0. The fourth-order valence-electron chi connectivity index (χ4n) is 8.86. The van der Waals surface area contributed by atoms with Gasteiger partial charge >= 0.3 is 0 Å². The van der Waals surface area contributed by atoms with E-state index in [1.165, 1.54) is 0 Å². The second-order valence-electron chi connectivity index (χ2n) is 15.0. The van der Waals surface area contributed by atoms with E-state index in [0.717, 1.165) is 87.2 Å². The van der Waals surface area contributed by atoms with Gasteiger partial charge < -0.3 is 18.7 Å². The van der Waals surface area contributed by atoms with Gasteiger partial charge in [-0.2, -0.15) is 9.97 Å². The number of benzene rings is 1. The Kier molecular flexibility index (Phi) is 5.34. The molecule has 2 aromatic heterocycles. The minimum Gasteiger partial charge on any atom is -0.368 e. The number of hydrogen-bond acceptors (Lipinski definition) is 8. The zero-order valence-electron chi connectivity index (χ0n) is 24.7. The van der Waals surface area contributed by atoms with E-state index in [2.05, 4.69) is 15.3 Å². The first-order valence-electron chi connectivity index (χ1n) is 16.1. The Hall–Kier alpha value is -3.14. The van der Waals surface area contributed by atoms with Crippen LogP contribution in [0, 0.1) is 10.8 Å². The Morgan fingerprint density at radius 1 is 0.953 bits per heavy atom. The van der Waals surface area contributed by atoms with Crippen molar-refractivity contribution in [3.8, 4) is 11.4 Å². The Labute approximate surface area is 249 Å². The van der Waals surface area contributed by atoms with Crippen LogP contribution in [0.25, 0.3) is 11.4 Å². The summed E-state index contributed by atoms with van der Waals surface area (Å²) in [7, 11) is 1.67. The summed E-state index contributed by atoms with van der Waals surface area (Å²) >= 11 is 0. The topological polar surface area (TPSA) is 107 Å². The van der Waals surface area contributed by atoms with Crippen molar-refractivity contribution in [3.63, 3.8) is 0 Å². The molecule has 1 amide bonds. The van der Waals surface area contributed by atoms with Crippen LogP contribution in [0.5, 0.6) is 0 Å². The Morgan fingerprint density at radius 3 is 2.33 bits per heavy atom. The number of methoxy groups -OCH3 is 1. The molecule has 0 saturated heterocycles. The van der Waals surface area contributed by atoms with Gasteiger partial charge in [0.1, 0.15) is 11.3 Å². The number of amides is 1. The first-order valence-corrected chi connectivity index (χ1v) is 16.1. The molecule has 3 aromatic rings. The summed E-state index contributed by atoms with van der Waals surface area (Å²) in [6.45, 7) is 0.656. The van der Waals surface area contributed by atoms with Crippen LogP contribution in [0.1, 0.15) is 113 Å². The fourth-order valence-corrected chi connectivity index (χ4v) is 8.86. The van der Waals surface area contributed by atoms with Gasteiger partial charge in [-0.05, 0) is 106 Å². The predicted molar refractivity (Wildman–Crippen MR) is 153 cm³/mol. The van der Waals surface area contributed by atoms with Crippen LogP contribution in [-0.4, -0.2) is 45.5 Å². The number of carbonyl (C=O) groups is 1. The molecule has 0 N–H and O–H groups in total. The van der Waals surface area contributed by atoms with Crippen LogP contribution >= 0.6 is 0 Å². The largest absolute Gasteiger partial charge is 0.368 e. The van der Waals surface area contributed by atoms with Crippen molar-refractivity contribution in [2.75, 3.05) is 18.6 Å². The van der Waals surface area contributed by atoms with E-state index in [0.29, 0.717) is 49.9 Å². The van der Waals surface area contributed by atoms with Gasteiger partial charge in [0.05, 0.1) is 0 Å². The van der Waals surface area contributed by atoms with E-state index in [-0.39, 0.29) is 22.2 Å². The molecule has 226 valence electrons. The molecule has 8 fully saturated rings. The molecule has 8 saturated carbocycles. The van der Waals surface area contributed by atoms with E-state index in [9.17, 15) is 9.18 Å². The molecule has 0 aliphatic heterocycles. The lowest BCUT2D eigenvalue weighted by Gasteiger charge is -2.66. The minimum absolute atomic E-state index is 0.0314. The highest BCUT2D eigenvalue weighted by molar-refractivity contribution is 5.94. The van der Waals surface area contributed by atoms with E-state index in [1.54, 1.807) is 7.11 Å². The summed E-state index contributed by atoms with van der Waals surface area (Å²) in [4.78, 5) is 25.6. The molecular formula is C33H38FN5O4. The first-order chi connectivity index (χ1) is 20.7. The second-order valence-corrected chi connectivity index (χ2v) is 15.0. The summed E-state index contributed by atoms with van der Waals surface area (Å²) in [6.07, 6.45) is 12.1. The van der Waals surface area contributed by atoms with E-state index in [1.807, 2.05) is 29.2 Å². The van der Waals surface area contributed by atoms with Crippen LogP contribution in [0.15, 0.2) is 33.3 Å². The van der Waals surface area contributed by atoms with Gasteiger partial charge in [-0.15, -0.1) is 0 Å². The monoisotopic (exact) mass is 587 g/mol. The molecule has 9 nitrogen and oxygen atoms in total. The Morgan fingerprint density at radius 2 is 1.67 bits per heavy atom. The number of carbonyl (C=O) groups excluding carboxylic acids is 1. The molecule has 11 rings (SSSR count). The van der Waals surface area contributed by atoms with Crippen molar-refractivity contribution >= 4 is 11.6 Å². The molecule has 8 aliphatic carbocycles. The van der Waals surface area contributed by atoms with Crippen molar-refractivity contribution in [1.82, 2.24) is 20.3 Å². The van der Waals surface area contributed by atoms with Crippen molar-refractivity contribution in [3.05, 3.63) is 41.9 Å². The maximum atomic E-state index is 14.4. The second kappa shape index (κ2) is 8.73. The number of halogens is 1. The van der Waals surface area contributed by atoms with E-state index < -0.39 is 11.3 Å². The molecule has 4 bridgehead atoms. The summed E-state index contributed by atoms with van der Waals surface area (Å²) in [5.74, 6) is 3.28. The lowest BCUT2D eigenvalue weighted by Crippen LogP contribution is -2.65. The number of anilines is 1. The quantitative estimate of drug-likeness (QED) is 0.263. The summed E-state index contributed by atoms with van der Waals surface area (Å²) < 4.78 is 31.4. The molecule has 8 aliphatic rings. The van der Waals surface area contributed by atoms with Gasteiger partial charge in [-0.25, -0.2) is 4.39 Å². The van der Waals surface area contributed by atoms with Gasteiger partial charge in [0.25, 0.3) is 5.89 Å². The highest BCUT2D eigenvalue weighted by Gasteiger charge is 2.69. The van der Waals surface area contributed by atoms with Crippen LogP contribution < -0.4 is 4.90 Å². The lowest BCUT2D eigenvalue weighted by atomic mass is 9.41. The third-order valence-corrected chi connectivity index (χ3v) is 12.0. The summed E-state index contributed by atoms with van der Waals surface area (Å²) in [5.41, 5.74) is -0.00212. The molecule has 0 radical (unpaired) electrons. The average Bonchev–Trinajstić information content (AvgIpc) is 3.91. The number of aromatic nitrogens is 4. The van der Waals surface area contributed by atoms with E-state index >= 15 is 0 Å². The molecule has 10 heteroatoms. The highest BCUT2D eigenvalue weighted by atomic mass is 19.1. The maximum Gasteiger partial charge on any atom is 0.259 e. The van der Waals surface area contributed by atoms with Gasteiger partial charge in [0.2, 0.25) is 17.6 Å². The zero-order chi connectivity index (χ0) is 29.1. The highest BCUT2D eigenvalue weighted by Crippen LogP contribution is 2.71. The SMILES string of the molecule is COC1(c2nc(-c3cccc(N(CC45CCC(c6nc(C7CC7)no6)(CC4)CC5)C(=O)CC45CC(F)(C4)C5)c3)no2)CC1. The first kappa shape index (κ1) is 26.3. The van der Waals surface area contributed by atoms with Crippen molar-refractivity contribution in [2.24, 2.45) is 10.8 Å². The molecule has 0 atom stereocenters. The maximum absolute atomic E-state index is 14.4. The van der Waals surface area contributed by atoms with Gasteiger partial charge in [-0.1, -0.05) is 22.4 Å². The number of fused-ring (bicyclic) bond motifs is 3. The molecule has 1 aromatic carbocycles. The smallest absolute Gasteiger partial charge is 0.259 e. The van der Waals surface area contributed by atoms with Crippen LogP contribution in [0.2, 0.25) is 0 Å². The lowest BCUT2D eigenvalue weighted by molar-refractivity contribution is -0.215. The number of nitrogens with zero attached hydrogens (tertiary/aromatic N) is 5. The molecule has 0 spiro atoms. The Bertz CT molecular complexity index is 1560. The van der Waals surface area contributed by atoms with Gasteiger partial charge in [0, 0.05) is 42.7 Å². The van der Waals surface area contributed by atoms with Gasteiger partial charge in [-0.3, -0.25) is 4.79 Å². The molecule has 2 heterocycles. The normalized spacial score (nSPS) is 34.8.